The number of carbonyl (C=O) groups is 1. The molecule has 0 atom stereocenters. The minimum absolute atomic E-state index is 0.0180. The zero-order valence-electron chi connectivity index (χ0n) is 13.0. The van der Waals surface area contributed by atoms with Crippen LogP contribution in [-0.2, 0) is 9.53 Å². The first-order valence-corrected chi connectivity index (χ1v) is 8.76. The van der Waals surface area contributed by atoms with Crippen molar-refractivity contribution in [3.8, 4) is 0 Å². The van der Waals surface area contributed by atoms with Gasteiger partial charge in [-0.15, -0.1) is 0 Å². The van der Waals surface area contributed by atoms with Crippen molar-refractivity contribution in [2.75, 3.05) is 47.6 Å². The number of anilines is 4. The second kappa shape index (κ2) is 6.66. The average molecular weight is 343 g/mol. The molecule has 2 aliphatic heterocycles. The van der Waals surface area contributed by atoms with E-state index in [0.717, 1.165) is 37.0 Å². The summed E-state index contributed by atoms with van der Waals surface area (Å²) in [6.45, 7) is 3.39. The van der Waals surface area contributed by atoms with Gasteiger partial charge in [-0.3, -0.25) is 4.79 Å². The van der Waals surface area contributed by atoms with Gasteiger partial charge in [0.05, 0.1) is 30.9 Å². The molecule has 2 N–H and O–H groups in total. The maximum absolute atomic E-state index is 11.3. The number of amides is 1. The fourth-order valence-corrected chi connectivity index (χ4v) is 3.40. The van der Waals surface area contributed by atoms with Crippen LogP contribution in [0.3, 0.4) is 0 Å². The highest BCUT2D eigenvalue weighted by molar-refractivity contribution is 8.00. The van der Waals surface area contributed by atoms with Crippen molar-refractivity contribution in [2.45, 2.75) is 5.03 Å². The zero-order valence-corrected chi connectivity index (χ0v) is 13.8. The van der Waals surface area contributed by atoms with E-state index in [4.69, 9.17) is 4.74 Å². The molecule has 0 aliphatic carbocycles. The second-order valence-electron chi connectivity index (χ2n) is 5.52. The summed E-state index contributed by atoms with van der Waals surface area (Å²) in [6, 6.07) is 8.20. The van der Waals surface area contributed by atoms with Crippen LogP contribution in [0.1, 0.15) is 0 Å². The van der Waals surface area contributed by atoms with E-state index in [2.05, 4.69) is 37.6 Å². The Hall–Kier alpha value is -2.32. The fraction of sp³-hybridized carbons (Fsp3) is 0.312. The molecule has 2 aromatic rings. The number of nitrogens with zero attached hydrogens (tertiary/aromatic N) is 3. The Labute approximate surface area is 143 Å². The van der Waals surface area contributed by atoms with Crippen LogP contribution in [0.5, 0.6) is 0 Å². The molecule has 0 unspecified atom stereocenters. The number of carbonyl (C=O) groups excluding carboxylic acids is 1. The molecule has 2 aliphatic rings. The van der Waals surface area contributed by atoms with Gasteiger partial charge in [0, 0.05) is 24.5 Å². The van der Waals surface area contributed by atoms with E-state index in [0.29, 0.717) is 17.4 Å². The van der Waals surface area contributed by atoms with E-state index in [1.807, 2.05) is 12.1 Å². The minimum Gasteiger partial charge on any atom is -0.378 e. The van der Waals surface area contributed by atoms with Crippen molar-refractivity contribution in [1.29, 1.82) is 0 Å². The molecule has 3 heterocycles. The first-order chi connectivity index (χ1) is 11.8. The molecule has 1 amide bonds. The number of hydrogen-bond donors (Lipinski definition) is 2. The Morgan fingerprint density at radius 2 is 2.00 bits per heavy atom. The molecule has 1 aromatic heterocycles. The summed E-state index contributed by atoms with van der Waals surface area (Å²) in [5.74, 6) is 0.893. The number of morpholine rings is 1. The lowest BCUT2D eigenvalue weighted by Crippen LogP contribution is -2.36. The van der Waals surface area contributed by atoms with Crippen LogP contribution in [0.2, 0.25) is 0 Å². The summed E-state index contributed by atoms with van der Waals surface area (Å²) in [7, 11) is 0. The van der Waals surface area contributed by atoms with Crippen molar-refractivity contribution in [2.24, 2.45) is 0 Å². The number of ether oxygens (including phenoxy) is 1. The SMILES string of the molecule is O=C1CSc2nc(Nc3ccc(N4CCOCC4)cc3)ncc2N1. The van der Waals surface area contributed by atoms with Crippen molar-refractivity contribution < 1.29 is 9.53 Å². The third kappa shape index (κ3) is 3.29. The van der Waals surface area contributed by atoms with Crippen molar-refractivity contribution in [3.05, 3.63) is 30.5 Å². The Morgan fingerprint density at radius 3 is 2.79 bits per heavy atom. The highest BCUT2D eigenvalue weighted by Crippen LogP contribution is 2.30. The molecule has 0 radical (unpaired) electrons. The molecule has 4 rings (SSSR count). The summed E-state index contributed by atoms with van der Waals surface area (Å²) in [6.07, 6.45) is 1.64. The van der Waals surface area contributed by atoms with Gasteiger partial charge in [-0.05, 0) is 24.3 Å². The highest BCUT2D eigenvalue weighted by atomic mass is 32.2. The van der Waals surface area contributed by atoms with Crippen LogP contribution in [-0.4, -0.2) is 47.9 Å². The van der Waals surface area contributed by atoms with Gasteiger partial charge < -0.3 is 20.3 Å². The van der Waals surface area contributed by atoms with E-state index < -0.39 is 0 Å². The number of rotatable bonds is 3. The van der Waals surface area contributed by atoms with Gasteiger partial charge >= 0.3 is 0 Å². The third-order valence-corrected chi connectivity index (χ3v) is 4.86. The minimum atomic E-state index is -0.0180. The van der Waals surface area contributed by atoms with Crippen LogP contribution >= 0.6 is 11.8 Å². The Bertz CT molecular complexity index is 747. The summed E-state index contributed by atoms with van der Waals surface area (Å²) in [5.41, 5.74) is 2.79. The van der Waals surface area contributed by atoms with Gasteiger partial charge in [-0.2, -0.15) is 0 Å². The second-order valence-corrected chi connectivity index (χ2v) is 6.48. The summed E-state index contributed by atoms with van der Waals surface area (Å²) in [4.78, 5) is 22.4. The Kier molecular flexibility index (Phi) is 4.22. The quantitative estimate of drug-likeness (QED) is 0.826. The van der Waals surface area contributed by atoms with Gasteiger partial charge in [0.1, 0.15) is 5.03 Å². The zero-order chi connectivity index (χ0) is 16.4. The van der Waals surface area contributed by atoms with Crippen LogP contribution in [0.25, 0.3) is 0 Å². The topological polar surface area (TPSA) is 79.4 Å². The monoisotopic (exact) mass is 343 g/mol. The lowest BCUT2D eigenvalue weighted by Gasteiger charge is -2.28. The molecule has 0 saturated carbocycles. The third-order valence-electron chi connectivity index (χ3n) is 3.87. The molecule has 124 valence electrons. The highest BCUT2D eigenvalue weighted by Gasteiger charge is 2.17. The summed E-state index contributed by atoms with van der Waals surface area (Å²) in [5, 5.41) is 6.76. The maximum atomic E-state index is 11.3. The molecule has 8 heteroatoms. The fourth-order valence-electron chi connectivity index (χ4n) is 2.65. The van der Waals surface area contributed by atoms with Crippen molar-refractivity contribution in [1.82, 2.24) is 9.97 Å². The normalized spacial score (nSPS) is 17.2. The standard InChI is InChI=1S/C16H17N5O2S/c22-14-10-24-15-13(19-14)9-17-16(20-15)18-11-1-3-12(4-2-11)21-5-7-23-8-6-21/h1-4,9H,5-8,10H2,(H,19,22)(H,17,18,20). The Morgan fingerprint density at radius 1 is 1.21 bits per heavy atom. The lowest BCUT2D eigenvalue weighted by atomic mass is 10.2. The molecule has 0 bridgehead atoms. The summed E-state index contributed by atoms with van der Waals surface area (Å²) < 4.78 is 5.38. The molecule has 0 spiro atoms. The number of aromatic nitrogens is 2. The first-order valence-electron chi connectivity index (χ1n) is 7.77. The molecule has 1 aromatic carbocycles. The molecular weight excluding hydrogens is 326 g/mol. The lowest BCUT2D eigenvalue weighted by molar-refractivity contribution is -0.113. The number of nitrogens with one attached hydrogen (secondary N) is 2. The van der Waals surface area contributed by atoms with Crippen LogP contribution in [0, 0.1) is 0 Å². The number of thioether (sulfide) groups is 1. The largest absolute Gasteiger partial charge is 0.378 e. The molecule has 1 saturated heterocycles. The smallest absolute Gasteiger partial charge is 0.234 e. The van der Waals surface area contributed by atoms with Gasteiger partial charge in [0.2, 0.25) is 11.9 Å². The molecular formula is C16H17N5O2S. The number of benzene rings is 1. The first kappa shape index (κ1) is 15.2. The van der Waals surface area contributed by atoms with Crippen LogP contribution in [0.4, 0.5) is 23.0 Å². The van der Waals surface area contributed by atoms with E-state index in [1.54, 1.807) is 6.20 Å². The van der Waals surface area contributed by atoms with E-state index in [9.17, 15) is 4.79 Å². The van der Waals surface area contributed by atoms with E-state index >= 15 is 0 Å². The molecule has 24 heavy (non-hydrogen) atoms. The van der Waals surface area contributed by atoms with Crippen LogP contribution in [0.15, 0.2) is 35.5 Å². The van der Waals surface area contributed by atoms with Gasteiger partial charge in [0.15, 0.2) is 0 Å². The van der Waals surface area contributed by atoms with Gasteiger partial charge in [-0.25, -0.2) is 9.97 Å². The average Bonchev–Trinajstić information content (AvgIpc) is 2.63. The Balaban J connectivity index is 1.46. The van der Waals surface area contributed by atoms with E-state index in [-0.39, 0.29) is 5.91 Å². The maximum Gasteiger partial charge on any atom is 0.234 e. The van der Waals surface area contributed by atoms with E-state index in [1.165, 1.54) is 17.4 Å². The molecule has 7 nitrogen and oxygen atoms in total. The van der Waals surface area contributed by atoms with Crippen LogP contribution < -0.4 is 15.5 Å². The predicted molar refractivity (Wildman–Crippen MR) is 94.1 cm³/mol. The number of fused-ring (bicyclic) bond motifs is 1. The predicted octanol–water partition coefficient (Wildman–Crippen LogP) is 2.10. The van der Waals surface area contributed by atoms with Crippen molar-refractivity contribution in [3.63, 3.8) is 0 Å². The van der Waals surface area contributed by atoms with Gasteiger partial charge in [0.25, 0.3) is 0 Å². The van der Waals surface area contributed by atoms with Crippen molar-refractivity contribution >= 4 is 40.7 Å². The summed E-state index contributed by atoms with van der Waals surface area (Å²) >= 11 is 1.42. The molecule has 1 fully saturated rings. The van der Waals surface area contributed by atoms with Gasteiger partial charge in [-0.1, -0.05) is 11.8 Å². The number of hydrogen-bond acceptors (Lipinski definition) is 7.